The Bertz CT molecular complexity index is 544. The first kappa shape index (κ1) is 16.2. The summed E-state index contributed by atoms with van der Waals surface area (Å²) in [6, 6.07) is 4.13. The summed E-state index contributed by atoms with van der Waals surface area (Å²) in [6.45, 7) is 4.46. The van der Waals surface area contributed by atoms with Crippen LogP contribution in [-0.4, -0.2) is 55.6 Å². The van der Waals surface area contributed by atoms with Crippen molar-refractivity contribution in [3.63, 3.8) is 0 Å². The van der Waals surface area contributed by atoms with Crippen molar-refractivity contribution in [2.75, 3.05) is 45.2 Å². The first-order valence-electron chi connectivity index (χ1n) is 7.15. The summed E-state index contributed by atoms with van der Waals surface area (Å²) in [4.78, 5) is 24.5. The van der Waals surface area contributed by atoms with Crippen LogP contribution in [0, 0.1) is 10.1 Å². The van der Waals surface area contributed by atoms with Crippen LogP contribution in [0.3, 0.4) is 0 Å². The van der Waals surface area contributed by atoms with Gasteiger partial charge in [-0.25, -0.2) is 0 Å². The fourth-order valence-electron chi connectivity index (χ4n) is 2.30. The Morgan fingerprint density at radius 3 is 2.82 bits per heavy atom. The van der Waals surface area contributed by atoms with Gasteiger partial charge in [-0.15, -0.1) is 0 Å². The molecule has 120 valence electrons. The topological polar surface area (TPSA) is 96.7 Å². The fourth-order valence-corrected chi connectivity index (χ4v) is 2.30. The Kier molecular flexibility index (Phi) is 5.68. The van der Waals surface area contributed by atoms with E-state index in [-0.39, 0.29) is 17.3 Å². The molecule has 0 aliphatic carbocycles. The number of methoxy groups -OCH3 is 1. The van der Waals surface area contributed by atoms with Gasteiger partial charge in [0.05, 0.1) is 23.8 Å². The molecule has 1 heterocycles. The van der Waals surface area contributed by atoms with Crippen molar-refractivity contribution in [1.29, 1.82) is 0 Å². The number of nitro groups is 1. The van der Waals surface area contributed by atoms with Crippen LogP contribution >= 0.6 is 0 Å². The standard InChI is InChI=1S/C14H20N4O4/c1-22-13-10-11(18(20)21)2-3-12(13)16-14(19)4-7-17-8-5-15-6-9-17/h2-3,10,15H,4-9H2,1H3,(H,16,19). The molecule has 1 aliphatic heterocycles. The molecule has 22 heavy (non-hydrogen) atoms. The van der Waals surface area contributed by atoms with E-state index in [9.17, 15) is 14.9 Å². The van der Waals surface area contributed by atoms with Gasteiger partial charge in [0.2, 0.25) is 5.91 Å². The molecular weight excluding hydrogens is 288 g/mol. The first-order valence-corrected chi connectivity index (χ1v) is 7.15. The van der Waals surface area contributed by atoms with Crippen molar-refractivity contribution in [3.8, 4) is 5.75 Å². The zero-order chi connectivity index (χ0) is 15.9. The lowest BCUT2D eigenvalue weighted by molar-refractivity contribution is -0.384. The normalized spacial score (nSPS) is 15.3. The number of carbonyl (C=O) groups is 1. The number of nitrogens with zero attached hydrogens (tertiary/aromatic N) is 2. The number of nitrogens with one attached hydrogen (secondary N) is 2. The Morgan fingerprint density at radius 1 is 1.45 bits per heavy atom. The van der Waals surface area contributed by atoms with Crippen LogP contribution in [0.5, 0.6) is 5.75 Å². The second-order valence-corrected chi connectivity index (χ2v) is 5.03. The third-order valence-electron chi connectivity index (χ3n) is 3.53. The molecule has 0 bridgehead atoms. The SMILES string of the molecule is COc1cc([N+](=O)[O-])ccc1NC(=O)CCN1CCNCC1. The highest BCUT2D eigenvalue weighted by Crippen LogP contribution is 2.29. The smallest absolute Gasteiger partial charge is 0.273 e. The Labute approximate surface area is 128 Å². The first-order chi connectivity index (χ1) is 10.6. The van der Waals surface area contributed by atoms with E-state index >= 15 is 0 Å². The summed E-state index contributed by atoms with van der Waals surface area (Å²) >= 11 is 0. The van der Waals surface area contributed by atoms with Crippen molar-refractivity contribution in [2.45, 2.75) is 6.42 Å². The van der Waals surface area contributed by atoms with Crippen molar-refractivity contribution < 1.29 is 14.5 Å². The van der Waals surface area contributed by atoms with E-state index in [1.54, 1.807) is 0 Å². The summed E-state index contributed by atoms with van der Waals surface area (Å²) in [7, 11) is 1.41. The van der Waals surface area contributed by atoms with Crippen LogP contribution in [0.1, 0.15) is 6.42 Å². The number of carbonyl (C=O) groups excluding carboxylic acids is 1. The number of rotatable bonds is 6. The molecule has 0 unspecified atom stereocenters. The lowest BCUT2D eigenvalue weighted by atomic mass is 10.2. The molecule has 0 aromatic heterocycles. The maximum atomic E-state index is 12.0. The second kappa shape index (κ2) is 7.71. The van der Waals surface area contributed by atoms with Gasteiger partial charge in [-0.3, -0.25) is 14.9 Å². The number of hydrogen-bond donors (Lipinski definition) is 2. The van der Waals surface area contributed by atoms with Gasteiger partial charge in [0.15, 0.2) is 0 Å². The predicted octanol–water partition coefficient (Wildman–Crippen LogP) is 0.837. The summed E-state index contributed by atoms with van der Waals surface area (Å²) in [5.74, 6) is 0.149. The third-order valence-corrected chi connectivity index (χ3v) is 3.53. The average molecular weight is 308 g/mol. The number of nitro benzene ring substituents is 1. The van der Waals surface area contributed by atoms with Gasteiger partial charge in [-0.1, -0.05) is 0 Å². The van der Waals surface area contributed by atoms with E-state index < -0.39 is 4.92 Å². The molecule has 0 radical (unpaired) electrons. The lowest BCUT2D eigenvalue weighted by Crippen LogP contribution is -2.44. The van der Waals surface area contributed by atoms with Crippen LogP contribution in [-0.2, 0) is 4.79 Å². The highest BCUT2D eigenvalue weighted by atomic mass is 16.6. The highest BCUT2D eigenvalue weighted by molar-refractivity contribution is 5.92. The largest absolute Gasteiger partial charge is 0.494 e. The van der Waals surface area contributed by atoms with E-state index in [0.29, 0.717) is 18.7 Å². The minimum absolute atomic E-state index is 0.0735. The second-order valence-electron chi connectivity index (χ2n) is 5.03. The number of piperazine rings is 1. The number of hydrogen-bond acceptors (Lipinski definition) is 6. The minimum Gasteiger partial charge on any atom is -0.494 e. The van der Waals surface area contributed by atoms with Crippen LogP contribution in [0.2, 0.25) is 0 Å². The minimum atomic E-state index is -0.501. The molecule has 1 aliphatic rings. The van der Waals surface area contributed by atoms with Gasteiger partial charge in [0.25, 0.3) is 5.69 Å². The average Bonchev–Trinajstić information content (AvgIpc) is 2.54. The zero-order valence-electron chi connectivity index (χ0n) is 12.5. The number of benzene rings is 1. The van der Waals surface area contributed by atoms with E-state index in [1.807, 2.05) is 0 Å². The fraction of sp³-hybridized carbons (Fsp3) is 0.500. The van der Waals surface area contributed by atoms with Crippen molar-refractivity contribution in [1.82, 2.24) is 10.2 Å². The predicted molar refractivity (Wildman–Crippen MR) is 82.2 cm³/mol. The van der Waals surface area contributed by atoms with Crippen molar-refractivity contribution >= 4 is 17.3 Å². The van der Waals surface area contributed by atoms with Gasteiger partial charge < -0.3 is 20.3 Å². The van der Waals surface area contributed by atoms with Crippen LogP contribution in [0.4, 0.5) is 11.4 Å². The van der Waals surface area contributed by atoms with Gasteiger partial charge in [0, 0.05) is 45.2 Å². The number of anilines is 1. The summed E-state index contributed by atoms with van der Waals surface area (Å²) in [5.41, 5.74) is 0.370. The number of non-ortho nitro benzene ring substituents is 1. The van der Waals surface area contributed by atoms with Gasteiger partial charge in [0.1, 0.15) is 5.75 Å². The molecule has 0 atom stereocenters. The molecule has 1 aromatic rings. The molecular formula is C14H20N4O4. The molecule has 1 saturated heterocycles. The maximum Gasteiger partial charge on any atom is 0.273 e. The molecule has 8 nitrogen and oxygen atoms in total. The van der Waals surface area contributed by atoms with Crippen LogP contribution in [0.25, 0.3) is 0 Å². The van der Waals surface area contributed by atoms with Crippen LogP contribution < -0.4 is 15.4 Å². The molecule has 1 aromatic carbocycles. The quantitative estimate of drug-likeness (QED) is 0.597. The summed E-state index contributed by atoms with van der Waals surface area (Å²) in [6.07, 6.45) is 0.375. The van der Waals surface area contributed by atoms with Gasteiger partial charge in [-0.2, -0.15) is 0 Å². The van der Waals surface area contributed by atoms with Crippen molar-refractivity contribution in [2.24, 2.45) is 0 Å². The molecule has 0 saturated carbocycles. The third kappa shape index (κ3) is 4.40. The number of ether oxygens (including phenoxy) is 1. The maximum absolute atomic E-state index is 12.0. The highest BCUT2D eigenvalue weighted by Gasteiger charge is 2.15. The summed E-state index contributed by atoms with van der Waals surface area (Å²) in [5, 5.41) is 16.7. The van der Waals surface area contributed by atoms with E-state index in [1.165, 1.54) is 25.3 Å². The van der Waals surface area contributed by atoms with Crippen molar-refractivity contribution in [3.05, 3.63) is 28.3 Å². The Morgan fingerprint density at radius 2 is 2.18 bits per heavy atom. The Hall–Kier alpha value is -2.19. The van der Waals surface area contributed by atoms with E-state index in [0.717, 1.165) is 26.2 Å². The molecule has 1 amide bonds. The number of amides is 1. The summed E-state index contributed by atoms with van der Waals surface area (Å²) < 4.78 is 5.09. The lowest BCUT2D eigenvalue weighted by Gasteiger charge is -2.26. The van der Waals surface area contributed by atoms with E-state index in [4.69, 9.17) is 4.74 Å². The molecule has 2 N–H and O–H groups in total. The van der Waals surface area contributed by atoms with Gasteiger partial charge >= 0.3 is 0 Å². The molecule has 8 heteroatoms. The zero-order valence-corrected chi connectivity index (χ0v) is 12.5. The molecule has 0 spiro atoms. The van der Waals surface area contributed by atoms with Gasteiger partial charge in [-0.05, 0) is 6.07 Å². The molecule has 1 fully saturated rings. The van der Waals surface area contributed by atoms with E-state index in [2.05, 4.69) is 15.5 Å². The molecule has 2 rings (SSSR count). The monoisotopic (exact) mass is 308 g/mol. The Balaban J connectivity index is 1.91. The van der Waals surface area contributed by atoms with Crippen LogP contribution in [0.15, 0.2) is 18.2 Å².